The maximum atomic E-state index is 11.9. The van der Waals surface area contributed by atoms with Gasteiger partial charge in [-0.25, -0.2) is 10.4 Å². The zero-order valence-corrected chi connectivity index (χ0v) is 8.27. The number of hydrogen-bond donors (Lipinski definition) is 1. The van der Waals surface area contributed by atoms with Gasteiger partial charge in [0.05, 0.1) is 5.56 Å². The summed E-state index contributed by atoms with van der Waals surface area (Å²) in [5.41, 5.74) is 3.49. The van der Waals surface area contributed by atoms with Gasteiger partial charge in [0, 0.05) is 6.54 Å². The highest BCUT2D eigenvalue weighted by atomic mass is 16.5. The van der Waals surface area contributed by atoms with Crippen molar-refractivity contribution in [2.75, 3.05) is 13.3 Å². The van der Waals surface area contributed by atoms with E-state index in [4.69, 9.17) is 4.74 Å². The number of hydrazine groups is 1. The van der Waals surface area contributed by atoms with Gasteiger partial charge in [0.2, 0.25) is 0 Å². The fraction of sp³-hybridized carbons (Fsp3) is 0.182. The topological polar surface area (TPSA) is 41.6 Å². The van der Waals surface area contributed by atoms with E-state index in [-0.39, 0.29) is 12.6 Å². The summed E-state index contributed by atoms with van der Waals surface area (Å²) >= 11 is 0. The summed E-state index contributed by atoms with van der Waals surface area (Å²) in [5, 5.41) is 1.43. The predicted molar refractivity (Wildman–Crippen MR) is 56.3 cm³/mol. The van der Waals surface area contributed by atoms with Crippen molar-refractivity contribution < 1.29 is 9.53 Å². The molecule has 0 spiro atoms. The highest BCUT2D eigenvalue weighted by molar-refractivity contribution is 5.97. The number of amides is 1. The molecule has 1 aromatic carbocycles. The van der Waals surface area contributed by atoms with Gasteiger partial charge in [-0.3, -0.25) is 4.79 Å². The quantitative estimate of drug-likeness (QED) is 0.751. The smallest absolute Gasteiger partial charge is 0.274 e. The van der Waals surface area contributed by atoms with Gasteiger partial charge >= 0.3 is 0 Å². The molecule has 0 radical (unpaired) electrons. The van der Waals surface area contributed by atoms with Crippen LogP contribution in [0, 0.1) is 0 Å². The first-order valence-electron chi connectivity index (χ1n) is 4.71. The lowest BCUT2D eigenvalue weighted by Gasteiger charge is -2.28. The largest absolute Gasteiger partial charge is 0.471 e. The fourth-order valence-electron chi connectivity index (χ4n) is 1.40. The Kier molecular flexibility index (Phi) is 2.69. The monoisotopic (exact) mass is 204 g/mol. The minimum Gasteiger partial charge on any atom is -0.471 e. The van der Waals surface area contributed by atoms with Gasteiger partial charge in [-0.1, -0.05) is 18.2 Å². The van der Waals surface area contributed by atoms with E-state index in [1.165, 1.54) is 5.01 Å². The van der Waals surface area contributed by atoms with Crippen LogP contribution in [-0.2, 0) is 0 Å². The lowest BCUT2D eigenvalue weighted by Crippen LogP contribution is -2.47. The van der Waals surface area contributed by atoms with Crippen molar-refractivity contribution in [3.8, 4) is 5.75 Å². The zero-order valence-electron chi connectivity index (χ0n) is 8.27. The molecule has 0 unspecified atom stereocenters. The Morgan fingerprint density at radius 3 is 3.13 bits per heavy atom. The molecule has 1 heterocycles. The summed E-state index contributed by atoms with van der Waals surface area (Å²) in [7, 11) is 0. The molecule has 4 heteroatoms. The molecule has 0 saturated carbocycles. The third kappa shape index (κ3) is 1.85. The van der Waals surface area contributed by atoms with Crippen LogP contribution in [0.15, 0.2) is 36.9 Å². The van der Waals surface area contributed by atoms with Crippen molar-refractivity contribution in [1.82, 2.24) is 10.4 Å². The maximum Gasteiger partial charge on any atom is 0.274 e. The minimum atomic E-state index is -0.0706. The summed E-state index contributed by atoms with van der Waals surface area (Å²) in [5.74, 6) is 0.567. The van der Waals surface area contributed by atoms with Crippen LogP contribution < -0.4 is 10.2 Å². The van der Waals surface area contributed by atoms with E-state index >= 15 is 0 Å². The Morgan fingerprint density at radius 2 is 2.33 bits per heavy atom. The molecule has 1 aromatic rings. The summed E-state index contributed by atoms with van der Waals surface area (Å²) in [4.78, 5) is 11.9. The molecule has 4 nitrogen and oxygen atoms in total. The second-order valence-corrected chi connectivity index (χ2v) is 3.15. The van der Waals surface area contributed by atoms with Gasteiger partial charge in [0.1, 0.15) is 5.75 Å². The average Bonchev–Trinajstić information content (AvgIpc) is 2.29. The first-order chi connectivity index (χ1) is 7.33. The molecule has 0 bridgehead atoms. The van der Waals surface area contributed by atoms with Crippen molar-refractivity contribution in [1.29, 1.82) is 0 Å². The van der Waals surface area contributed by atoms with E-state index in [1.54, 1.807) is 18.2 Å². The van der Waals surface area contributed by atoms with Gasteiger partial charge in [0.15, 0.2) is 6.73 Å². The van der Waals surface area contributed by atoms with Crippen LogP contribution in [0.5, 0.6) is 5.75 Å². The molecular weight excluding hydrogens is 192 g/mol. The average molecular weight is 204 g/mol. The van der Waals surface area contributed by atoms with Gasteiger partial charge in [0.25, 0.3) is 5.91 Å². The van der Waals surface area contributed by atoms with Crippen LogP contribution in [0.2, 0.25) is 0 Å². The molecule has 2 rings (SSSR count). The van der Waals surface area contributed by atoms with E-state index in [0.717, 1.165) is 0 Å². The van der Waals surface area contributed by atoms with E-state index in [1.807, 2.05) is 12.1 Å². The number of benzene rings is 1. The Bertz CT molecular complexity index is 390. The molecule has 0 aromatic heterocycles. The lowest BCUT2D eigenvalue weighted by molar-refractivity contribution is 0.0367. The van der Waals surface area contributed by atoms with Crippen LogP contribution in [0.4, 0.5) is 0 Å². The summed E-state index contributed by atoms with van der Waals surface area (Å²) in [6, 6.07) is 7.20. The van der Waals surface area contributed by atoms with Crippen molar-refractivity contribution in [3.05, 3.63) is 42.5 Å². The fourth-order valence-corrected chi connectivity index (χ4v) is 1.40. The van der Waals surface area contributed by atoms with E-state index in [9.17, 15) is 4.79 Å². The molecule has 78 valence electrons. The molecule has 1 aliphatic rings. The Labute approximate surface area is 88.1 Å². The van der Waals surface area contributed by atoms with Crippen molar-refractivity contribution in [3.63, 3.8) is 0 Å². The molecular formula is C11H12N2O2. The number of fused-ring (bicyclic) bond motifs is 1. The van der Waals surface area contributed by atoms with Gasteiger partial charge < -0.3 is 4.74 Å². The van der Waals surface area contributed by atoms with Gasteiger partial charge in [-0.05, 0) is 12.1 Å². The Hall–Kier alpha value is -1.81. The highest BCUT2D eigenvalue weighted by Gasteiger charge is 2.24. The van der Waals surface area contributed by atoms with Crippen LogP contribution in [0.3, 0.4) is 0 Å². The molecule has 1 amide bonds. The SMILES string of the molecule is C=CCNN1COc2ccccc2C1=O. The number of para-hydroxylation sites is 1. The van der Waals surface area contributed by atoms with Crippen LogP contribution in [-0.4, -0.2) is 24.2 Å². The van der Waals surface area contributed by atoms with Crippen LogP contribution >= 0.6 is 0 Å². The molecule has 0 aliphatic carbocycles. The number of carbonyl (C=O) groups is 1. The molecule has 0 saturated heterocycles. The van der Waals surface area contributed by atoms with Crippen molar-refractivity contribution >= 4 is 5.91 Å². The summed E-state index contributed by atoms with van der Waals surface area (Å²) in [6.07, 6.45) is 1.69. The zero-order chi connectivity index (χ0) is 10.7. The number of nitrogens with zero attached hydrogens (tertiary/aromatic N) is 1. The third-order valence-corrected chi connectivity index (χ3v) is 2.14. The van der Waals surface area contributed by atoms with E-state index in [0.29, 0.717) is 17.9 Å². The lowest BCUT2D eigenvalue weighted by atomic mass is 10.1. The van der Waals surface area contributed by atoms with Gasteiger partial charge in [-0.2, -0.15) is 0 Å². The molecule has 0 atom stereocenters. The van der Waals surface area contributed by atoms with E-state index < -0.39 is 0 Å². The molecule has 0 fully saturated rings. The first-order valence-corrected chi connectivity index (χ1v) is 4.71. The standard InChI is InChI=1S/C11H12N2O2/c1-2-7-12-13-8-15-10-6-4-3-5-9(10)11(13)14/h2-6,12H,1,7-8H2. The molecule has 1 N–H and O–H groups in total. The number of rotatable bonds is 3. The number of hydrogen-bond acceptors (Lipinski definition) is 3. The maximum absolute atomic E-state index is 11.9. The second-order valence-electron chi connectivity index (χ2n) is 3.15. The molecule has 15 heavy (non-hydrogen) atoms. The number of ether oxygens (including phenoxy) is 1. The normalized spacial score (nSPS) is 14.4. The van der Waals surface area contributed by atoms with Crippen molar-refractivity contribution in [2.24, 2.45) is 0 Å². The summed E-state index contributed by atoms with van der Waals surface area (Å²) in [6.45, 7) is 4.34. The third-order valence-electron chi connectivity index (χ3n) is 2.14. The van der Waals surface area contributed by atoms with E-state index in [2.05, 4.69) is 12.0 Å². The first kappa shape index (κ1) is 9.73. The second kappa shape index (κ2) is 4.14. The number of carbonyl (C=O) groups excluding carboxylic acids is 1. The highest BCUT2D eigenvalue weighted by Crippen LogP contribution is 2.22. The minimum absolute atomic E-state index is 0.0706. The number of nitrogens with one attached hydrogen (secondary N) is 1. The Morgan fingerprint density at radius 1 is 1.53 bits per heavy atom. The van der Waals surface area contributed by atoms with Crippen molar-refractivity contribution in [2.45, 2.75) is 0 Å². The van der Waals surface area contributed by atoms with Crippen LogP contribution in [0.1, 0.15) is 10.4 Å². The van der Waals surface area contributed by atoms with Crippen LogP contribution in [0.25, 0.3) is 0 Å². The van der Waals surface area contributed by atoms with Gasteiger partial charge in [-0.15, -0.1) is 6.58 Å². The predicted octanol–water partition coefficient (Wildman–Crippen LogP) is 1.17. The molecule has 1 aliphatic heterocycles. The Balaban J connectivity index is 2.18. The summed E-state index contributed by atoms with van der Waals surface area (Å²) < 4.78 is 5.41.